The normalized spacial score (nSPS) is 23.8. The van der Waals surface area contributed by atoms with Crippen LogP contribution < -0.4 is 0 Å². The predicted molar refractivity (Wildman–Crippen MR) is 78.3 cm³/mol. The molecule has 2 atom stereocenters. The standard InChI is InChI=1S/C14H22ClNOS/c1-11(17)9-12-5-3-2-4-8-16(12)10-13-6-7-14(15)18-13/h6-7,11-12,17H,2-5,8-10H2,1H3. The molecule has 0 radical (unpaired) electrons. The average molecular weight is 288 g/mol. The van der Waals surface area contributed by atoms with Gasteiger partial charge in [0.25, 0.3) is 0 Å². The molecule has 0 aliphatic carbocycles. The largest absolute Gasteiger partial charge is 0.393 e. The van der Waals surface area contributed by atoms with Crippen LogP contribution in [0, 0.1) is 0 Å². The van der Waals surface area contributed by atoms with Crippen molar-refractivity contribution in [3.8, 4) is 0 Å². The van der Waals surface area contributed by atoms with Gasteiger partial charge in [-0.3, -0.25) is 4.90 Å². The Balaban J connectivity index is 2.00. The van der Waals surface area contributed by atoms with Crippen LogP contribution in [0.3, 0.4) is 0 Å². The van der Waals surface area contributed by atoms with Crippen molar-refractivity contribution in [3.05, 3.63) is 21.3 Å². The second kappa shape index (κ2) is 6.90. The summed E-state index contributed by atoms with van der Waals surface area (Å²) in [5.74, 6) is 0. The first-order valence-corrected chi connectivity index (χ1v) is 8.01. The monoisotopic (exact) mass is 287 g/mol. The number of rotatable bonds is 4. The second-order valence-corrected chi connectivity index (χ2v) is 7.06. The van der Waals surface area contributed by atoms with E-state index in [2.05, 4.69) is 11.0 Å². The molecule has 1 aromatic rings. The molecule has 0 bridgehead atoms. The molecule has 1 aliphatic rings. The van der Waals surface area contributed by atoms with Crippen LogP contribution in [0.4, 0.5) is 0 Å². The van der Waals surface area contributed by atoms with Gasteiger partial charge in [-0.2, -0.15) is 0 Å². The van der Waals surface area contributed by atoms with Gasteiger partial charge in [0.1, 0.15) is 0 Å². The molecule has 2 heterocycles. The third kappa shape index (κ3) is 4.23. The summed E-state index contributed by atoms with van der Waals surface area (Å²) >= 11 is 7.66. The Morgan fingerprint density at radius 2 is 2.28 bits per heavy atom. The highest BCUT2D eigenvalue weighted by atomic mass is 35.5. The van der Waals surface area contributed by atoms with Crippen LogP contribution in [0.2, 0.25) is 4.34 Å². The molecule has 1 N–H and O–H groups in total. The smallest absolute Gasteiger partial charge is 0.0931 e. The molecule has 0 amide bonds. The minimum Gasteiger partial charge on any atom is -0.393 e. The van der Waals surface area contributed by atoms with Crippen LogP contribution in [0.25, 0.3) is 0 Å². The van der Waals surface area contributed by atoms with E-state index in [9.17, 15) is 5.11 Å². The quantitative estimate of drug-likeness (QED) is 0.907. The number of hydrogen-bond acceptors (Lipinski definition) is 3. The van der Waals surface area contributed by atoms with Crippen molar-refractivity contribution < 1.29 is 5.11 Å². The first-order chi connectivity index (χ1) is 8.65. The summed E-state index contributed by atoms with van der Waals surface area (Å²) in [5.41, 5.74) is 0. The highest BCUT2D eigenvalue weighted by molar-refractivity contribution is 7.16. The summed E-state index contributed by atoms with van der Waals surface area (Å²) < 4.78 is 0.867. The Morgan fingerprint density at radius 1 is 1.44 bits per heavy atom. The van der Waals surface area contributed by atoms with Crippen molar-refractivity contribution in [1.82, 2.24) is 4.90 Å². The minimum absolute atomic E-state index is 0.206. The lowest BCUT2D eigenvalue weighted by Crippen LogP contribution is -2.36. The molecular weight excluding hydrogens is 266 g/mol. The molecule has 102 valence electrons. The highest BCUT2D eigenvalue weighted by Crippen LogP contribution is 2.27. The fraction of sp³-hybridized carbons (Fsp3) is 0.714. The maximum atomic E-state index is 9.64. The summed E-state index contributed by atoms with van der Waals surface area (Å²) in [6.07, 6.45) is 5.78. The third-order valence-electron chi connectivity index (χ3n) is 3.60. The molecule has 0 saturated carbocycles. The van der Waals surface area contributed by atoms with Crippen LogP contribution in [-0.2, 0) is 6.54 Å². The molecule has 2 rings (SSSR count). The van der Waals surface area contributed by atoms with Gasteiger partial charge in [-0.1, -0.05) is 24.4 Å². The van der Waals surface area contributed by atoms with Crippen molar-refractivity contribution in [3.63, 3.8) is 0 Å². The predicted octanol–water partition coefficient (Wildman–Crippen LogP) is 3.92. The number of hydrogen-bond donors (Lipinski definition) is 1. The van der Waals surface area contributed by atoms with Crippen molar-refractivity contribution in [2.45, 2.75) is 57.7 Å². The molecule has 2 unspecified atom stereocenters. The third-order valence-corrected chi connectivity index (χ3v) is 4.82. The molecule has 0 spiro atoms. The molecular formula is C14H22ClNOS. The number of thiophene rings is 1. The summed E-state index contributed by atoms with van der Waals surface area (Å²) in [5, 5.41) is 9.64. The van der Waals surface area contributed by atoms with Crippen LogP contribution in [0.15, 0.2) is 12.1 Å². The molecule has 1 fully saturated rings. The first kappa shape index (κ1) is 14.3. The van der Waals surface area contributed by atoms with Gasteiger partial charge in [0.15, 0.2) is 0 Å². The molecule has 2 nitrogen and oxygen atoms in total. The van der Waals surface area contributed by atoms with E-state index >= 15 is 0 Å². The molecule has 0 aromatic carbocycles. The summed E-state index contributed by atoms with van der Waals surface area (Å²) in [4.78, 5) is 3.86. The maximum absolute atomic E-state index is 9.64. The van der Waals surface area contributed by atoms with E-state index in [1.165, 1.54) is 30.6 Å². The van der Waals surface area contributed by atoms with Crippen LogP contribution in [0.1, 0.15) is 43.9 Å². The van der Waals surface area contributed by atoms with E-state index in [1.807, 2.05) is 13.0 Å². The van der Waals surface area contributed by atoms with Crippen molar-refractivity contribution in [2.75, 3.05) is 6.54 Å². The van der Waals surface area contributed by atoms with Crippen molar-refractivity contribution >= 4 is 22.9 Å². The minimum atomic E-state index is -0.206. The average Bonchev–Trinajstić information content (AvgIpc) is 2.58. The molecule has 18 heavy (non-hydrogen) atoms. The maximum Gasteiger partial charge on any atom is 0.0931 e. The van der Waals surface area contributed by atoms with Crippen LogP contribution in [-0.4, -0.2) is 28.7 Å². The van der Waals surface area contributed by atoms with Crippen molar-refractivity contribution in [2.24, 2.45) is 0 Å². The van der Waals surface area contributed by atoms with Gasteiger partial charge < -0.3 is 5.11 Å². The molecule has 1 aromatic heterocycles. The van der Waals surface area contributed by atoms with Gasteiger partial charge in [0, 0.05) is 17.5 Å². The lowest BCUT2D eigenvalue weighted by molar-refractivity contribution is 0.109. The number of aliphatic hydroxyl groups excluding tert-OH is 1. The van der Waals surface area contributed by atoms with Gasteiger partial charge in [-0.05, 0) is 44.9 Å². The zero-order valence-electron chi connectivity index (χ0n) is 10.9. The Kier molecular flexibility index (Phi) is 5.49. The topological polar surface area (TPSA) is 23.5 Å². The fourth-order valence-electron chi connectivity index (χ4n) is 2.74. The van der Waals surface area contributed by atoms with Crippen LogP contribution in [0.5, 0.6) is 0 Å². The zero-order valence-corrected chi connectivity index (χ0v) is 12.5. The van der Waals surface area contributed by atoms with E-state index < -0.39 is 0 Å². The van der Waals surface area contributed by atoms with Gasteiger partial charge >= 0.3 is 0 Å². The Hall–Kier alpha value is -0.0900. The van der Waals surface area contributed by atoms with Gasteiger partial charge in [-0.15, -0.1) is 11.3 Å². The lowest BCUT2D eigenvalue weighted by atomic mass is 10.0. The molecule has 1 aliphatic heterocycles. The Bertz CT molecular complexity index is 366. The number of aliphatic hydroxyl groups is 1. The SMILES string of the molecule is CC(O)CC1CCCCCN1Cc1ccc(Cl)s1. The van der Waals surface area contributed by atoms with E-state index in [0.717, 1.165) is 23.8 Å². The highest BCUT2D eigenvalue weighted by Gasteiger charge is 2.22. The number of likely N-dealkylation sites (tertiary alicyclic amines) is 1. The molecule has 4 heteroatoms. The van der Waals surface area contributed by atoms with Gasteiger partial charge in [0.05, 0.1) is 10.4 Å². The number of nitrogens with zero attached hydrogens (tertiary/aromatic N) is 1. The van der Waals surface area contributed by atoms with Gasteiger partial charge in [-0.25, -0.2) is 0 Å². The van der Waals surface area contributed by atoms with Crippen molar-refractivity contribution in [1.29, 1.82) is 0 Å². The molecule has 1 saturated heterocycles. The van der Waals surface area contributed by atoms with E-state index in [1.54, 1.807) is 11.3 Å². The van der Waals surface area contributed by atoms with E-state index in [4.69, 9.17) is 11.6 Å². The van der Waals surface area contributed by atoms with Gasteiger partial charge in [0.2, 0.25) is 0 Å². The zero-order chi connectivity index (χ0) is 13.0. The second-order valence-electron chi connectivity index (χ2n) is 5.26. The first-order valence-electron chi connectivity index (χ1n) is 6.81. The summed E-state index contributed by atoms with van der Waals surface area (Å²) in [6, 6.07) is 4.62. The van der Waals surface area contributed by atoms with Crippen LogP contribution >= 0.6 is 22.9 Å². The lowest BCUT2D eigenvalue weighted by Gasteiger charge is -2.30. The Morgan fingerprint density at radius 3 is 2.94 bits per heavy atom. The fourth-order valence-corrected chi connectivity index (χ4v) is 3.86. The summed E-state index contributed by atoms with van der Waals surface area (Å²) in [7, 11) is 0. The Labute approximate surface area is 119 Å². The van der Waals surface area contributed by atoms with E-state index in [-0.39, 0.29) is 6.10 Å². The summed E-state index contributed by atoms with van der Waals surface area (Å²) in [6.45, 7) is 4.02. The number of halogens is 1. The van der Waals surface area contributed by atoms with E-state index in [0.29, 0.717) is 6.04 Å².